The number of hydrogen-bond donors (Lipinski definition) is 1. The fourth-order valence-electron chi connectivity index (χ4n) is 3.19. The normalized spacial score (nSPS) is 15.3. The topological polar surface area (TPSA) is 59.4 Å². The van der Waals surface area contributed by atoms with Gasteiger partial charge in [0.15, 0.2) is 0 Å². The third-order valence-electron chi connectivity index (χ3n) is 4.56. The summed E-state index contributed by atoms with van der Waals surface area (Å²) in [6.45, 7) is 4.56. The largest absolute Gasteiger partial charge is 0.497 e. The highest BCUT2D eigenvalue weighted by Crippen LogP contribution is 2.27. The number of benzene rings is 1. The number of aryl methyl sites for hydroxylation is 1. The van der Waals surface area contributed by atoms with Crippen molar-refractivity contribution >= 4 is 11.7 Å². The van der Waals surface area contributed by atoms with Gasteiger partial charge in [-0.1, -0.05) is 6.07 Å². The summed E-state index contributed by atoms with van der Waals surface area (Å²) < 4.78 is 7.38. The van der Waals surface area contributed by atoms with Crippen LogP contribution in [0.3, 0.4) is 0 Å². The van der Waals surface area contributed by atoms with Crippen molar-refractivity contribution in [2.45, 2.75) is 32.2 Å². The summed E-state index contributed by atoms with van der Waals surface area (Å²) in [5.74, 6) is 2.31. The molecule has 0 radical (unpaired) electrons. The number of hydrogen-bond acceptors (Lipinski definition) is 3. The van der Waals surface area contributed by atoms with E-state index in [-0.39, 0.29) is 6.03 Å². The molecule has 24 heavy (non-hydrogen) atoms. The number of aromatic nitrogens is 2. The Morgan fingerprint density at radius 3 is 2.88 bits per heavy atom. The fourth-order valence-corrected chi connectivity index (χ4v) is 3.19. The molecule has 3 rings (SSSR count). The van der Waals surface area contributed by atoms with Gasteiger partial charge in [-0.3, -0.25) is 0 Å². The molecule has 1 aliphatic rings. The fraction of sp³-hybridized carbons (Fsp3) is 0.444. The molecule has 0 atom stereocenters. The van der Waals surface area contributed by atoms with Crippen LogP contribution < -0.4 is 10.1 Å². The van der Waals surface area contributed by atoms with Crippen LogP contribution in [0.25, 0.3) is 0 Å². The Labute approximate surface area is 142 Å². The van der Waals surface area contributed by atoms with E-state index in [2.05, 4.69) is 21.8 Å². The average molecular weight is 328 g/mol. The molecule has 0 saturated carbocycles. The lowest BCUT2D eigenvalue weighted by Crippen LogP contribution is -2.40. The van der Waals surface area contributed by atoms with Crippen LogP contribution in [0.4, 0.5) is 10.5 Å². The van der Waals surface area contributed by atoms with E-state index < -0.39 is 0 Å². The van der Waals surface area contributed by atoms with Crippen LogP contribution in [0.1, 0.15) is 31.5 Å². The van der Waals surface area contributed by atoms with Crippen LogP contribution in [0.15, 0.2) is 36.7 Å². The first-order valence-corrected chi connectivity index (χ1v) is 8.42. The molecule has 6 nitrogen and oxygen atoms in total. The molecule has 128 valence electrons. The SMILES string of the molecule is CCn1ccnc1C1CCN(C(=O)Nc2cccc(OC)c2)CC1. The summed E-state index contributed by atoms with van der Waals surface area (Å²) in [7, 11) is 1.62. The number of piperidine rings is 1. The molecule has 0 spiro atoms. The molecular formula is C18H24N4O2. The van der Waals surface area contributed by atoms with E-state index in [9.17, 15) is 4.79 Å². The lowest BCUT2D eigenvalue weighted by Gasteiger charge is -2.32. The predicted molar refractivity (Wildman–Crippen MR) is 93.5 cm³/mol. The third-order valence-corrected chi connectivity index (χ3v) is 4.56. The van der Waals surface area contributed by atoms with Gasteiger partial charge >= 0.3 is 6.03 Å². The first-order chi connectivity index (χ1) is 11.7. The maximum atomic E-state index is 12.4. The van der Waals surface area contributed by atoms with E-state index in [0.717, 1.165) is 49.7 Å². The zero-order chi connectivity index (χ0) is 16.9. The number of methoxy groups -OCH3 is 1. The van der Waals surface area contributed by atoms with Gasteiger partial charge in [0.25, 0.3) is 0 Å². The minimum absolute atomic E-state index is 0.0551. The Bertz CT molecular complexity index is 690. The Morgan fingerprint density at radius 2 is 2.17 bits per heavy atom. The van der Waals surface area contributed by atoms with Gasteiger partial charge in [-0.2, -0.15) is 0 Å². The van der Waals surface area contributed by atoms with Crippen molar-refractivity contribution in [1.82, 2.24) is 14.5 Å². The maximum Gasteiger partial charge on any atom is 0.321 e. The van der Waals surface area contributed by atoms with Crippen LogP contribution in [0, 0.1) is 0 Å². The Kier molecular flexibility index (Phi) is 5.03. The van der Waals surface area contributed by atoms with Gasteiger partial charge in [0.2, 0.25) is 0 Å². The number of rotatable bonds is 4. The Morgan fingerprint density at radius 1 is 1.38 bits per heavy atom. The average Bonchev–Trinajstić information content (AvgIpc) is 3.10. The molecule has 6 heteroatoms. The second-order valence-corrected chi connectivity index (χ2v) is 5.99. The lowest BCUT2D eigenvalue weighted by molar-refractivity contribution is 0.193. The van der Waals surface area contributed by atoms with Gasteiger partial charge in [-0.25, -0.2) is 9.78 Å². The smallest absolute Gasteiger partial charge is 0.321 e. The monoisotopic (exact) mass is 328 g/mol. The van der Waals surface area contributed by atoms with Crippen LogP contribution in [-0.4, -0.2) is 40.7 Å². The first kappa shape index (κ1) is 16.4. The molecule has 1 aromatic carbocycles. The summed E-state index contributed by atoms with van der Waals surface area (Å²) in [5.41, 5.74) is 0.753. The zero-order valence-electron chi connectivity index (χ0n) is 14.2. The highest BCUT2D eigenvalue weighted by molar-refractivity contribution is 5.89. The minimum Gasteiger partial charge on any atom is -0.497 e. The van der Waals surface area contributed by atoms with Crippen molar-refractivity contribution in [1.29, 1.82) is 0 Å². The van der Waals surface area contributed by atoms with Crippen molar-refractivity contribution < 1.29 is 9.53 Å². The van der Waals surface area contributed by atoms with Crippen LogP contribution >= 0.6 is 0 Å². The van der Waals surface area contributed by atoms with Crippen molar-refractivity contribution in [3.8, 4) is 5.75 Å². The molecule has 1 N–H and O–H groups in total. The van der Waals surface area contributed by atoms with E-state index in [0.29, 0.717) is 5.92 Å². The summed E-state index contributed by atoms with van der Waals surface area (Å²) in [6, 6.07) is 7.36. The van der Waals surface area contributed by atoms with E-state index in [1.807, 2.05) is 41.6 Å². The van der Waals surface area contributed by atoms with Crippen molar-refractivity contribution in [2.24, 2.45) is 0 Å². The summed E-state index contributed by atoms with van der Waals surface area (Å²) >= 11 is 0. The molecule has 1 fully saturated rings. The molecule has 1 saturated heterocycles. The summed E-state index contributed by atoms with van der Waals surface area (Å²) in [6.07, 6.45) is 5.78. The quantitative estimate of drug-likeness (QED) is 0.936. The summed E-state index contributed by atoms with van der Waals surface area (Å²) in [5, 5.41) is 2.94. The number of carbonyl (C=O) groups excluding carboxylic acids is 1. The highest BCUT2D eigenvalue weighted by Gasteiger charge is 2.26. The van der Waals surface area contributed by atoms with Gasteiger partial charge in [0, 0.05) is 49.7 Å². The Hall–Kier alpha value is -2.50. The molecule has 1 aliphatic heterocycles. The number of anilines is 1. The molecular weight excluding hydrogens is 304 g/mol. The zero-order valence-corrected chi connectivity index (χ0v) is 14.2. The molecule has 1 aromatic heterocycles. The van der Waals surface area contributed by atoms with E-state index >= 15 is 0 Å². The van der Waals surface area contributed by atoms with E-state index in [1.165, 1.54) is 0 Å². The number of carbonyl (C=O) groups is 1. The lowest BCUT2D eigenvalue weighted by atomic mass is 9.96. The predicted octanol–water partition coefficient (Wildman–Crippen LogP) is 3.32. The number of amides is 2. The Balaban J connectivity index is 1.57. The molecule has 0 unspecified atom stereocenters. The number of likely N-dealkylation sites (tertiary alicyclic amines) is 1. The molecule has 2 aromatic rings. The van der Waals surface area contributed by atoms with Crippen LogP contribution in [-0.2, 0) is 6.54 Å². The third kappa shape index (κ3) is 3.53. The van der Waals surface area contributed by atoms with Gasteiger partial charge < -0.3 is 19.5 Å². The second-order valence-electron chi connectivity index (χ2n) is 5.99. The molecule has 2 heterocycles. The number of urea groups is 1. The van der Waals surface area contributed by atoms with Gasteiger partial charge in [-0.05, 0) is 31.9 Å². The standard InChI is InChI=1S/C18H24N4O2/c1-3-21-12-9-19-17(21)14-7-10-22(11-8-14)18(23)20-15-5-4-6-16(13-15)24-2/h4-6,9,12-14H,3,7-8,10-11H2,1-2H3,(H,20,23). The summed E-state index contributed by atoms with van der Waals surface area (Å²) in [4.78, 5) is 18.8. The van der Waals surface area contributed by atoms with Gasteiger partial charge in [0.05, 0.1) is 7.11 Å². The molecule has 2 amide bonds. The van der Waals surface area contributed by atoms with E-state index in [4.69, 9.17) is 4.74 Å². The number of imidazole rings is 1. The van der Waals surface area contributed by atoms with Crippen LogP contribution in [0.2, 0.25) is 0 Å². The van der Waals surface area contributed by atoms with Gasteiger partial charge in [0.1, 0.15) is 11.6 Å². The van der Waals surface area contributed by atoms with Gasteiger partial charge in [-0.15, -0.1) is 0 Å². The number of ether oxygens (including phenoxy) is 1. The number of nitrogens with zero attached hydrogens (tertiary/aromatic N) is 3. The number of nitrogens with one attached hydrogen (secondary N) is 1. The van der Waals surface area contributed by atoms with Crippen molar-refractivity contribution in [3.05, 3.63) is 42.5 Å². The molecule has 0 aliphatic carbocycles. The van der Waals surface area contributed by atoms with Crippen LogP contribution in [0.5, 0.6) is 5.75 Å². The first-order valence-electron chi connectivity index (χ1n) is 8.42. The maximum absolute atomic E-state index is 12.4. The highest BCUT2D eigenvalue weighted by atomic mass is 16.5. The minimum atomic E-state index is -0.0551. The molecule has 0 bridgehead atoms. The van der Waals surface area contributed by atoms with E-state index in [1.54, 1.807) is 7.11 Å². The van der Waals surface area contributed by atoms with Crippen molar-refractivity contribution in [2.75, 3.05) is 25.5 Å². The van der Waals surface area contributed by atoms with Crippen molar-refractivity contribution in [3.63, 3.8) is 0 Å². The second kappa shape index (κ2) is 7.38.